The van der Waals surface area contributed by atoms with Gasteiger partial charge in [-0.25, -0.2) is 0 Å². The maximum atomic E-state index is 2.55. The minimum Gasteiger partial charge on any atom is -0.366 e. The van der Waals surface area contributed by atoms with E-state index in [-0.39, 0.29) is 11.0 Å². The van der Waals surface area contributed by atoms with Gasteiger partial charge in [-0.3, -0.25) is 0 Å². The molecule has 0 saturated carbocycles. The SMILES string of the molecule is CC.CC.CC(C)(C)c1ccc2c(c1)CCCN2C(C)(C)C. The van der Waals surface area contributed by atoms with E-state index in [1.54, 1.807) is 0 Å². The summed E-state index contributed by atoms with van der Waals surface area (Å²) < 4.78 is 0. The smallest absolute Gasteiger partial charge is 0.0403 e. The van der Waals surface area contributed by atoms with Crippen LogP contribution in [0.2, 0.25) is 0 Å². The number of rotatable bonds is 0. The van der Waals surface area contributed by atoms with E-state index in [4.69, 9.17) is 0 Å². The number of anilines is 1. The third-order valence-corrected chi connectivity index (χ3v) is 3.87. The molecule has 1 heteroatoms. The average molecular weight is 306 g/mol. The van der Waals surface area contributed by atoms with Crippen LogP contribution in [0.4, 0.5) is 5.69 Å². The molecule has 2 rings (SSSR count). The van der Waals surface area contributed by atoms with Gasteiger partial charge in [0.2, 0.25) is 0 Å². The zero-order valence-electron chi connectivity index (χ0n) is 16.8. The van der Waals surface area contributed by atoms with Crippen LogP contribution in [0.1, 0.15) is 86.8 Å². The van der Waals surface area contributed by atoms with E-state index in [0.717, 1.165) is 0 Å². The van der Waals surface area contributed by atoms with Gasteiger partial charge in [0.1, 0.15) is 0 Å². The van der Waals surface area contributed by atoms with Crippen LogP contribution in [0.3, 0.4) is 0 Å². The van der Waals surface area contributed by atoms with Crippen molar-refractivity contribution in [2.24, 2.45) is 0 Å². The van der Waals surface area contributed by atoms with Crippen molar-refractivity contribution in [3.8, 4) is 0 Å². The number of nitrogens with zero attached hydrogens (tertiary/aromatic N) is 1. The predicted octanol–water partition coefficient (Wildman–Crippen LogP) is 6.59. The van der Waals surface area contributed by atoms with E-state index >= 15 is 0 Å². The third kappa shape index (κ3) is 5.34. The lowest BCUT2D eigenvalue weighted by molar-refractivity contribution is 0.482. The van der Waals surface area contributed by atoms with Gasteiger partial charge in [0.05, 0.1) is 0 Å². The van der Waals surface area contributed by atoms with Gasteiger partial charge in [-0.1, -0.05) is 60.6 Å². The summed E-state index contributed by atoms with van der Waals surface area (Å²) in [5, 5.41) is 0. The van der Waals surface area contributed by atoms with E-state index in [2.05, 4.69) is 64.6 Å². The van der Waals surface area contributed by atoms with Crippen LogP contribution in [-0.2, 0) is 11.8 Å². The summed E-state index contributed by atoms with van der Waals surface area (Å²) >= 11 is 0. The molecule has 1 aromatic carbocycles. The first-order chi connectivity index (χ1) is 10.2. The van der Waals surface area contributed by atoms with Crippen molar-refractivity contribution in [2.45, 2.75) is 93.0 Å². The molecule has 0 saturated heterocycles. The number of hydrogen-bond donors (Lipinski definition) is 0. The lowest BCUT2D eigenvalue weighted by atomic mass is 9.84. The zero-order valence-corrected chi connectivity index (χ0v) is 16.8. The minimum atomic E-state index is 0.221. The second kappa shape index (κ2) is 8.60. The first-order valence-electron chi connectivity index (χ1n) is 9.11. The Kier molecular flexibility index (Phi) is 8.22. The molecular formula is C21H39N. The van der Waals surface area contributed by atoms with Gasteiger partial charge in [0.25, 0.3) is 0 Å². The van der Waals surface area contributed by atoms with E-state index < -0.39 is 0 Å². The maximum Gasteiger partial charge on any atom is 0.0403 e. The van der Waals surface area contributed by atoms with Crippen molar-refractivity contribution in [3.05, 3.63) is 29.3 Å². The fourth-order valence-corrected chi connectivity index (χ4v) is 2.76. The summed E-state index contributed by atoms with van der Waals surface area (Å²) in [6.07, 6.45) is 2.50. The van der Waals surface area contributed by atoms with E-state index in [1.165, 1.54) is 36.2 Å². The van der Waals surface area contributed by atoms with Gasteiger partial charge in [-0.2, -0.15) is 0 Å². The standard InChI is InChI=1S/C17H27N.2C2H6/c1-16(2,3)14-9-10-15-13(12-14)8-7-11-18(15)17(4,5)6;2*1-2/h9-10,12H,7-8,11H2,1-6H3;2*1-2H3. The van der Waals surface area contributed by atoms with Crippen LogP contribution in [0.15, 0.2) is 18.2 Å². The minimum absolute atomic E-state index is 0.221. The Hall–Kier alpha value is -0.980. The molecular weight excluding hydrogens is 266 g/mol. The summed E-state index contributed by atoms with van der Waals surface area (Å²) in [4.78, 5) is 2.55. The summed E-state index contributed by atoms with van der Waals surface area (Å²) in [6.45, 7) is 23.0. The molecule has 0 spiro atoms. The molecule has 1 aromatic rings. The molecule has 0 aromatic heterocycles. The van der Waals surface area contributed by atoms with Crippen molar-refractivity contribution in [3.63, 3.8) is 0 Å². The monoisotopic (exact) mass is 305 g/mol. The van der Waals surface area contributed by atoms with Crippen LogP contribution in [0.5, 0.6) is 0 Å². The summed E-state index contributed by atoms with van der Waals surface area (Å²) in [5.41, 5.74) is 4.90. The Morgan fingerprint density at radius 2 is 1.41 bits per heavy atom. The Balaban J connectivity index is 0.00000102. The highest BCUT2D eigenvalue weighted by atomic mass is 15.2. The molecule has 1 aliphatic heterocycles. The van der Waals surface area contributed by atoms with Gasteiger partial charge in [-0.05, 0) is 56.2 Å². The van der Waals surface area contributed by atoms with Gasteiger partial charge >= 0.3 is 0 Å². The molecule has 1 heterocycles. The molecule has 1 nitrogen and oxygen atoms in total. The highest BCUT2D eigenvalue weighted by Gasteiger charge is 2.27. The Bertz CT molecular complexity index is 432. The lowest BCUT2D eigenvalue weighted by Crippen LogP contribution is -2.44. The molecule has 0 aliphatic carbocycles. The van der Waals surface area contributed by atoms with Crippen molar-refractivity contribution < 1.29 is 0 Å². The molecule has 0 fully saturated rings. The second-order valence-corrected chi connectivity index (χ2v) is 7.52. The summed E-state index contributed by atoms with van der Waals surface area (Å²) in [5.74, 6) is 0. The molecule has 0 bridgehead atoms. The molecule has 1 aliphatic rings. The van der Waals surface area contributed by atoms with Gasteiger partial charge in [0.15, 0.2) is 0 Å². The van der Waals surface area contributed by atoms with Gasteiger partial charge in [0, 0.05) is 17.8 Å². The molecule has 22 heavy (non-hydrogen) atoms. The van der Waals surface area contributed by atoms with Crippen LogP contribution >= 0.6 is 0 Å². The largest absolute Gasteiger partial charge is 0.366 e. The summed E-state index contributed by atoms with van der Waals surface area (Å²) in [7, 11) is 0. The molecule has 0 unspecified atom stereocenters. The number of aryl methyl sites for hydroxylation is 1. The second-order valence-electron chi connectivity index (χ2n) is 7.52. The average Bonchev–Trinajstić information content (AvgIpc) is 2.48. The van der Waals surface area contributed by atoms with Gasteiger partial charge < -0.3 is 4.90 Å². The summed E-state index contributed by atoms with van der Waals surface area (Å²) in [6, 6.07) is 7.07. The van der Waals surface area contributed by atoms with Gasteiger partial charge in [-0.15, -0.1) is 0 Å². The number of fused-ring (bicyclic) bond motifs is 1. The Morgan fingerprint density at radius 1 is 0.864 bits per heavy atom. The Morgan fingerprint density at radius 3 is 1.86 bits per heavy atom. The third-order valence-electron chi connectivity index (χ3n) is 3.87. The highest BCUT2D eigenvalue weighted by Crippen LogP contribution is 2.35. The predicted molar refractivity (Wildman–Crippen MR) is 103 cm³/mol. The van der Waals surface area contributed by atoms with E-state index in [0.29, 0.717) is 0 Å². The van der Waals surface area contributed by atoms with Crippen molar-refractivity contribution in [1.82, 2.24) is 0 Å². The van der Waals surface area contributed by atoms with Crippen molar-refractivity contribution in [1.29, 1.82) is 0 Å². The molecule has 0 amide bonds. The molecule has 0 atom stereocenters. The topological polar surface area (TPSA) is 3.24 Å². The lowest BCUT2D eigenvalue weighted by Gasteiger charge is -2.42. The van der Waals surface area contributed by atoms with Crippen LogP contribution < -0.4 is 4.90 Å². The van der Waals surface area contributed by atoms with E-state index in [1.807, 2.05) is 27.7 Å². The van der Waals surface area contributed by atoms with Crippen molar-refractivity contribution >= 4 is 5.69 Å². The fourth-order valence-electron chi connectivity index (χ4n) is 2.76. The molecule has 128 valence electrons. The van der Waals surface area contributed by atoms with E-state index in [9.17, 15) is 0 Å². The van der Waals surface area contributed by atoms with Crippen LogP contribution in [0, 0.1) is 0 Å². The Labute approximate surface area is 140 Å². The molecule has 0 N–H and O–H groups in total. The van der Waals surface area contributed by atoms with Crippen LogP contribution in [-0.4, -0.2) is 12.1 Å². The highest BCUT2D eigenvalue weighted by molar-refractivity contribution is 5.59. The maximum absolute atomic E-state index is 2.55. The quantitative estimate of drug-likeness (QED) is 0.522. The molecule has 0 radical (unpaired) electrons. The zero-order chi connectivity index (χ0) is 17.6. The van der Waals surface area contributed by atoms with Crippen molar-refractivity contribution in [2.75, 3.05) is 11.4 Å². The first-order valence-corrected chi connectivity index (χ1v) is 9.11. The number of hydrogen-bond acceptors (Lipinski definition) is 1. The van der Waals surface area contributed by atoms with Crippen LogP contribution in [0.25, 0.3) is 0 Å². The number of benzene rings is 1. The normalized spacial score (nSPS) is 14.2. The fraction of sp³-hybridized carbons (Fsp3) is 0.714. The first kappa shape index (κ1) is 21.0.